The molecule has 0 saturated carbocycles. The average molecular weight is 267 g/mol. The number of amides is 1. The molecule has 5 heteroatoms. The van der Waals surface area contributed by atoms with Crippen LogP contribution in [0.5, 0.6) is 0 Å². The second kappa shape index (κ2) is 7.28. The van der Waals surface area contributed by atoms with Gasteiger partial charge in [-0.3, -0.25) is 9.48 Å². The summed E-state index contributed by atoms with van der Waals surface area (Å²) in [6, 6.07) is 0.310. The van der Waals surface area contributed by atoms with Crippen molar-refractivity contribution in [1.29, 1.82) is 0 Å². The van der Waals surface area contributed by atoms with Crippen LogP contribution < -0.4 is 5.32 Å². The van der Waals surface area contributed by atoms with Crippen molar-refractivity contribution in [1.82, 2.24) is 15.1 Å². The van der Waals surface area contributed by atoms with E-state index in [4.69, 9.17) is 5.11 Å². The van der Waals surface area contributed by atoms with E-state index in [0.29, 0.717) is 18.0 Å². The Kier molecular flexibility index (Phi) is 6.02. The smallest absolute Gasteiger partial charge is 0.254 e. The molecule has 1 heterocycles. The molecule has 19 heavy (non-hydrogen) atoms. The Morgan fingerprint density at radius 2 is 2.11 bits per heavy atom. The van der Waals surface area contributed by atoms with E-state index in [1.165, 1.54) is 0 Å². The number of aromatic nitrogens is 2. The third kappa shape index (κ3) is 3.80. The fourth-order valence-corrected chi connectivity index (χ4v) is 2.22. The van der Waals surface area contributed by atoms with Crippen LogP contribution in [-0.2, 0) is 0 Å². The maximum Gasteiger partial charge on any atom is 0.254 e. The summed E-state index contributed by atoms with van der Waals surface area (Å²) in [6.45, 7) is 8.13. The minimum absolute atomic E-state index is 0.0339. The lowest BCUT2D eigenvalue weighted by Crippen LogP contribution is -2.33. The van der Waals surface area contributed by atoms with E-state index in [9.17, 15) is 4.79 Å². The SMILES string of the molecule is CCC(CC)n1ncc(C(=O)NC(C)CCO)c1C. The molecule has 5 nitrogen and oxygen atoms in total. The fraction of sp³-hybridized carbons (Fsp3) is 0.714. The topological polar surface area (TPSA) is 67.2 Å². The van der Waals surface area contributed by atoms with Crippen LogP contribution in [0.25, 0.3) is 0 Å². The number of nitrogens with zero attached hydrogens (tertiary/aromatic N) is 2. The fourth-order valence-electron chi connectivity index (χ4n) is 2.22. The Bertz CT molecular complexity index is 411. The monoisotopic (exact) mass is 267 g/mol. The second-order valence-corrected chi connectivity index (χ2v) is 4.95. The van der Waals surface area contributed by atoms with E-state index in [2.05, 4.69) is 24.3 Å². The van der Waals surface area contributed by atoms with Gasteiger partial charge in [-0.15, -0.1) is 0 Å². The Hall–Kier alpha value is -1.36. The number of aliphatic hydroxyl groups is 1. The van der Waals surface area contributed by atoms with E-state index in [1.54, 1.807) is 6.20 Å². The molecule has 2 N–H and O–H groups in total. The van der Waals surface area contributed by atoms with Gasteiger partial charge >= 0.3 is 0 Å². The molecule has 1 amide bonds. The molecule has 108 valence electrons. The van der Waals surface area contributed by atoms with Gasteiger partial charge in [0.15, 0.2) is 0 Å². The maximum absolute atomic E-state index is 12.1. The number of aliphatic hydroxyl groups excluding tert-OH is 1. The molecule has 0 aliphatic heterocycles. The van der Waals surface area contributed by atoms with E-state index in [-0.39, 0.29) is 18.6 Å². The van der Waals surface area contributed by atoms with Crippen LogP contribution >= 0.6 is 0 Å². The van der Waals surface area contributed by atoms with Gasteiger partial charge in [0.2, 0.25) is 0 Å². The first kappa shape index (κ1) is 15.7. The lowest BCUT2D eigenvalue weighted by atomic mass is 10.1. The van der Waals surface area contributed by atoms with Gasteiger partial charge in [0, 0.05) is 18.3 Å². The first-order chi connectivity index (χ1) is 9.04. The molecule has 0 aliphatic rings. The summed E-state index contributed by atoms with van der Waals surface area (Å²) in [5.41, 5.74) is 1.53. The molecule has 0 saturated heterocycles. The first-order valence-electron chi connectivity index (χ1n) is 7.00. The minimum Gasteiger partial charge on any atom is -0.396 e. The van der Waals surface area contributed by atoms with Crippen molar-refractivity contribution in [2.45, 2.75) is 59.0 Å². The predicted octanol–water partition coefficient (Wildman–Crippen LogP) is 2.05. The average Bonchev–Trinajstić information content (AvgIpc) is 2.74. The molecule has 0 fully saturated rings. The van der Waals surface area contributed by atoms with E-state index in [1.807, 2.05) is 18.5 Å². The minimum atomic E-state index is -0.115. The van der Waals surface area contributed by atoms with Crippen molar-refractivity contribution < 1.29 is 9.90 Å². The van der Waals surface area contributed by atoms with Crippen molar-refractivity contribution >= 4 is 5.91 Å². The lowest BCUT2D eigenvalue weighted by molar-refractivity contribution is 0.0933. The van der Waals surface area contributed by atoms with E-state index >= 15 is 0 Å². The molecule has 1 aromatic rings. The van der Waals surface area contributed by atoms with Gasteiger partial charge in [-0.05, 0) is 33.1 Å². The molecule has 0 radical (unpaired) electrons. The molecule has 0 aliphatic carbocycles. The number of hydrogen-bond acceptors (Lipinski definition) is 3. The van der Waals surface area contributed by atoms with Gasteiger partial charge in [-0.2, -0.15) is 5.10 Å². The molecule has 0 bridgehead atoms. The van der Waals surface area contributed by atoms with Gasteiger partial charge < -0.3 is 10.4 Å². The number of rotatable bonds is 7. The van der Waals surface area contributed by atoms with Gasteiger partial charge in [0.05, 0.1) is 17.8 Å². The van der Waals surface area contributed by atoms with Gasteiger partial charge in [-0.1, -0.05) is 13.8 Å². The maximum atomic E-state index is 12.1. The third-order valence-electron chi connectivity index (χ3n) is 3.52. The summed E-state index contributed by atoms with van der Waals surface area (Å²) in [4.78, 5) is 12.1. The van der Waals surface area contributed by atoms with Crippen LogP contribution in [0.1, 0.15) is 62.1 Å². The van der Waals surface area contributed by atoms with Crippen molar-refractivity contribution in [3.63, 3.8) is 0 Å². The van der Waals surface area contributed by atoms with Crippen LogP contribution in [0.3, 0.4) is 0 Å². The van der Waals surface area contributed by atoms with Gasteiger partial charge in [0.25, 0.3) is 5.91 Å². The highest BCUT2D eigenvalue weighted by molar-refractivity contribution is 5.95. The molecule has 1 rings (SSSR count). The van der Waals surface area contributed by atoms with E-state index < -0.39 is 0 Å². The summed E-state index contributed by atoms with van der Waals surface area (Å²) in [6.07, 6.45) is 4.20. The molecule has 1 unspecified atom stereocenters. The van der Waals surface area contributed by atoms with Crippen LogP contribution in [0.15, 0.2) is 6.20 Å². The Balaban J connectivity index is 2.82. The summed E-state index contributed by atoms with van der Waals surface area (Å²) in [5, 5.41) is 16.1. The molecule has 0 spiro atoms. The highest BCUT2D eigenvalue weighted by Gasteiger charge is 2.18. The second-order valence-electron chi connectivity index (χ2n) is 4.95. The van der Waals surface area contributed by atoms with Crippen LogP contribution in [0.2, 0.25) is 0 Å². The van der Waals surface area contributed by atoms with Crippen molar-refractivity contribution in [3.05, 3.63) is 17.5 Å². The molecule has 0 aromatic carbocycles. The standard InChI is InChI=1S/C14H25N3O2/c1-5-12(6-2)17-11(4)13(9-15-17)14(19)16-10(3)7-8-18/h9-10,12,18H,5-8H2,1-4H3,(H,16,19). The van der Waals surface area contributed by atoms with Gasteiger partial charge in [0.1, 0.15) is 0 Å². The Labute approximate surface area is 115 Å². The molecular formula is C14H25N3O2. The Morgan fingerprint density at radius 1 is 1.47 bits per heavy atom. The Morgan fingerprint density at radius 3 is 2.63 bits per heavy atom. The quantitative estimate of drug-likeness (QED) is 0.794. The number of carbonyl (C=O) groups excluding carboxylic acids is 1. The van der Waals surface area contributed by atoms with Crippen molar-refractivity contribution in [2.24, 2.45) is 0 Å². The summed E-state index contributed by atoms with van der Waals surface area (Å²) >= 11 is 0. The molecule has 1 atom stereocenters. The summed E-state index contributed by atoms with van der Waals surface area (Å²) in [7, 11) is 0. The first-order valence-corrected chi connectivity index (χ1v) is 7.00. The van der Waals surface area contributed by atoms with Crippen LogP contribution in [0, 0.1) is 6.92 Å². The molecular weight excluding hydrogens is 242 g/mol. The predicted molar refractivity (Wildman–Crippen MR) is 75.2 cm³/mol. The van der Waals surface area contributed by atoms with Crippen molar-refractivity contribution in [2.75, 3.05) is 6.61 Å². The van der Waals surface area contributed by atoms with Crippen LogP contribution in [-0.4, -0.2) is 33.4 Å². The summed E-state index contributed by atoms with van der Waals surface area (Å²) in [5.74, 6) is -0.115. The summed E-state index contributed by atoms with van der Waals surface area (Å²) < 4.78 is 1.94. The molecule has 1 aromatic heterocycles. The van der Waals surface area contributed by atoms with Crippen LogP contribution in [0.4, 0.5) is 0 Å². The largest absolute Gasteiger partial charge is 0.396 e. The zero-order valence-electron chi connectivity index (χ0n) is 12.3. The lowest BCUT2D eigenvalue weighted by Gasteiger charge is -2.16. The normalized spacial score (nSPS) is 12.7. The third-order valence-corrected chi connectivity index (χ3v) is 3.52. The number of carbonyl (C=O) groups is 1. The van der Waals surface area contributed by atoms with Crippen molar-refractivity contribution in [3.8, 4) is 0 Å². The zero-order valence-corrected chi connectivity index (χ0v) is 12.3. The van der Waals surface area contributed by atoms with Gasteiger partial charge in [-0.25, -0.2) is 0 Å². The van der Waals surface area contributed by atoms with E-state index in [0.717, 1.165) is 18.5 Å². The number of nitrogens with one attached hydrogen (secondary N) is 1. The zero-order chi connectivity index (χ0) is 14.4. The highest BCUT2D eigenvalue weighted by Crippen LogP contribution is 2.19. The highest BCUT2D eigenvalue weighted by atomic mass is 16.3. The number of hydrogen-bond donors (Lipinski definition) is 2.